The smallest absolute Gasteiger partial charge is 0.305 e. The first-order chi connectivity index (χ1) is 51.5. The van der Waals surface area contributed by atoms with Gasteiger partial charge in [-0.25, -0.2) is 13.8 Å². The standard InChI is InChI=1S/C74H83F2N15O14S2/c75-46-14-18-54-52(27-46)44(32-80-54)25-57-69(99)86-58(26-45-33-81-55-19-15-47(76)28-53(45)55)70(100)88-60(31-66(95)96)72(102)87-59(29-48-34-79-40-83-48)71(101)89-61(24-41-12-16-49(92)17-13-41)74(104)91-36-51(105-50-9-2-1-3-10-50)30-63(91)73(103)90-62(67(78)97)39-107-38-43-8-6-7-42(23-43)37-106-22-20-64(93)84-56(11-4-5-21-77)68(98)82-35-65(94)85-57/h1-3,6-10,12-19,23,27-28,32-34,40,51,56-63,80-81,92H,4-5,11,20-22,24-26,29-31,35-39,77H2,(H2,78,97)(H,79,83)(H,82,98)(H,84,93)(H,85,94)(H,86,99)(H,87,102)(H,88,100)(H,89,101)(H,90,103)(H,95,96)/t51-,56-,57-,58-,59-,60-,61-,62-,63-/m0/s1. The zero-order valence-corrected chi connectivity index (χ0v) is 59.5. The summed E-state index contributed by atoms with van der Waals surface area (Å²) in [5, 5.41) is 42.3. The van der Waals surface area contributed by atoms with Crippen molar-refractivity contribution in [1.82, 2.24) is 67.4 Å². The van der Waals surface area contributed by atoms with Crippen molar-refractivity contribution in [2.75, 3.05) is 31.1 Å². The number of aliphatic carboxylic acids is 1. The highest BCUT2D eigenvalue weighted by molar-refractivity contribution is 7.98. The van der Waals surface area contributed by atoms with E-state index in [0.717, 1.165) is 17.2 Å². The second-order valence-corrected chi connectivity index (χ2v) is 28.2. The second-order valence-electron chi connectivity index (χ2n) is 26.0. The van der Waals surface area contributed by atoms with Crippen LogP contribution in [0.5, 0.6) is 11.5 Å². The lowest BCUT2D eigenvalue weighted by Crippen LogP contribution is -2.61. The number of carbonyl (C=O) groups excluding carboxylic acids is 10. The third kappa shape index (κ3) is 22.4. The van der Waals surface area contributed by atoms with E-state index >= 15 is 23.6 Å². The number of primary amides is 1. The number of carboxylic acid groups (broad SMARTS) is 1. The van der Waals surface area contributed by atoms with Gasteiger partial charge in [-0.1, -0.05) is 54.6 Å². The third-order valence-corrected chi connectivity index (χ3v) is 20.2. The highest BCUT2D eigenvalue weighted by Gasteiger charge is 2.45. The third-order valence-electron chi connectivity index (χ3n) is 18.1. The van der Waals surface area contributed by atoms with Crippen molar-refractivity contribution in [3.8, 4) is 11.5 Å². The highest BCUT2D eigenvalue weighted by atomic mass is 32.2. The summed E-state index contributed by atoms with van der Waals surface area (Å²) in [4.78, 5) is 173. The lowest BCUT2D eigenvalue weighted by Gasteiger charge is -2.30. The Bertz CT molecular complexity index is 4490. The number of ether oxygens (including phenoxy) is 1. The van der Waals surface area contributed by atoms with Gasteiger partial charge in [-0.15, -0.1) is 0 Å². The van der Waals surface area contributed by atoms with Crippen LogP contribution in [0.2, 0.25) is 0 Å². The van der Waals surface area contributed by atoms with Gasteiger partial charge >= 0.3 is 5.97 Å². The van der Waals surface area contributed by atoms with Crippen LogP contribution in [0.15, 0.2) is 140 Å². The molecule has 5 heterocycles. The molecule has 2 bridgehead atoms. The molecular formula is C74H83F2N15O14S2. The van der Waals surface area contributed by atoms with Crippen molar-refractivity contribution in [3.63, 3.8) is 0 Å². The number of rotatable bonds is 17. The topological polar surface area (TPSA) is 449 Å². The number of phenolic OH excluding ortho intramolecular Hbond substituents is 1. The predicted molar refractivity (Wildman–Crippen MR) is 393 cm³/mol. The molecule has 17 N–H and O–H groups in total. The summed E-state index contributed by atoms with van der Waals surface area (Å²) in [6.45, 7) is -0.694. The average Bonchev–Trinajstić information content (AvgIpc) is 1.70. The number of aromatic nitrogens is 4. The lowest BCUT2D eigenvalue weighted by molar-refractivity contribution is -0.143. The Labute approximate surface area is 620 Å². The molecule has 2 aliphatic rings. The van der Waals surface area contributed by atoms with Crippen LogP contribution in [0.4, 0.5) is 8.78 Å². The maximum atomic E-state index is 15.5. The summed E-state index contributed by atoms with van der Waals surface area (Å²) in [6.07, 6.45) is 2.87. The number of fused-ring (bicyclic) bond motifs is 5. The van der Waals surface area contributed by atoms with E-state index in [-0.39, 0.29) is 73.3 Å². The Hall–Kier alpha value is -11.3. The van der Waals surface area contributed by atoms with Crippen molar-refractivity contribution in [2.45, 2.75) is 130 Å². The number of halogens is 2. The van der Waals surface area contributed by atoms with Gasteiger partial charge in [0.2, 0.25) is 59.1 Å². The SMILES string of the molecule is NCCCC[C@@H]1NC(=O)CCSCc2cccc(c2)CSC[C@@H](C(N)=O)NC(=O)[C@@H]2C[C@H](Oc3ccccc3)CN2C(=O)[C@H](Cc2ccc(O)cc2)NC(=O)[C@H](Cc2cnc[nH]2)NC(=O)[C@H](CC(=O)O)NC(=O)[C@H](Cc2c[nH]c3ccc(F)cc23)NC(=O)[C@H](Cc2c[nH]c3ccc(F)cc23)NC(=O)CNC1=O. The number of imidazole rings is 1. The molecule has 1 fully saturated rings. The van der Waals surface area contributed by atoms with E-state index in [1.54, 1.807) is 30.3 Å². The second kappa shape index (κ2) is 37.6. The van der Waals surface area contributed by atoms with E-state index in [9.17, 15) is 48.2 Å². The molecule has 9 atom stereocenters. The minimum atomic E-state index is -2.07. The first kappa shape index (κ1) is 78.3. The maximum absolute atomic E-state index is 15.5. The van der Waals surface area contributed by atoms with Crippen molar-refractivity contribution < 1.29 is 76.5 Å². The Kier molecular flexibility index (Phi) is 27.5. The summed E-state index contributed by atoms with van der Waals surface area (Å²) in [6, 6.07) is 16.8. The van der Waals surface area contributed by atoms with Crippen LogP contribution in [0.3, 0.4) is 0 Å². The summed E-state index contributed by atoms with van der Waals surface area (Å²) < 4.78 is 36.3. The van der Waals surface area contributed by atoms with Gasteiger partial charge < -0.3 is 88.8 Å². The number of amides is 10. The molecule has 2 aliphatic heterocycles. The van der Waals surface area contributed by atoms with Gasteiger partial charge in [0.05, 0.1) is 25.8 Å². The number of unbranched alkanes of at least 4 members (excludes halogenated alkanes) is 1. The fourth-order valence-corrected chi connectivity index (χ4v) is 14.5. The monoisotopic (exact) mass is 1510 g/mol. The van der Waals surface area contributed by atoms with Gasteiger partial charge in [0.25, 0.3) is 0 Å². The molecule has 107 heavy (non-hydrogen) atoms. The molecule has 29 nitrogen and oxygen atoms in total. The molecule has 10 rings (SSSR count). The fraction of sp³-hybridized carbons (Fsp3) is 0.351. The number of nitrogens with one attached hydrogen (secondary N) is 11. The zero-order valence-electron chi connectivity index (χ0n) is 57.9. The minimum absolute atomic E-state index is 0.000285. The van der Waals surface area contributed by atoms with E-state index < -0.39 is 157 Å². The average molecular weight is 1510 g/mol. The number of H-pyrrole nitrogens is 3. The zero-order chi connectivity index (χ0) is 76.1. The predicted octanol–water partition coefficient (Wildman–Crippen LogP) is 2.84. The Balaban J connectivity index is 0.998. The number of nitrogens with zero attached hydrogens (tertiary/aromatic N) is 2. The minimum Gasteiger partial charge on any atom is -0.508 e. The molecule has 33 heteroatoms. The van der Waals surface area contributed by atoms with Crippen LogP contribution in [0, 0.1) is 11.6 Å². The number of para-hydroxylation sites is 1. The largest absolute Gasteiger partial charge is 0.508 e. The summed E-state index contributed by atoms with van der Waals surface area (Å²) in [7, 11) is 0. The fourth-order valence-electron chi connectivity index (χ4n) is 12.6. The highest BCUT2D eigenvalue weighted by Crippen LogP contribution is 2.28. The number of carboxylic acids is 1. The number of carbonyl (C=O) groups is 11. The Morgan fingerprint density at radius 2 is 1.21 bits per heavy atom. The van der Waals surface area contributed by atoms with Crippen LogP contribution in [0.1, 0.15) is 72.0 Å². The lowest BCUT2D eigenvalue weighted by atomic mass is 10.0. The van der Waals surface area contributed by atoms with Crippen LogP contribution < -0.4 is 58.7 Å². The molecule has 0 saturated carbocycles. The number of aromatic hydroxyl groups is 1. The number of thioether (sulfide) groups is 2. The Morgan fingerprint density at radius 1 is 0.607 bits per heavy atom. The van der Waals surface area contributed by atoms with E-state index in [4.69, 9.17) is 16.2 Å². The molecule has 0 aliphatic carbocycles. The first-order valence-electron chi connectivity index (χ1n) is 34.6. The molecular weight excluding hydrogens is 1430 g/mol. The van der Waals surface area contributed by atoms with E-state index in [1.807, 2.05) is 24.3 Å². The normalized spacial score (nSPS) is 22.0. The number of hydrogen-bond acceptors (Lipinski definition) is 17. The van der Waals surface area contributed by atoms with Gasteiger partial charge in [-0.05, 0) is 114 Å². The Morgan fingerprint density at radius 3 is 1.82 bits per heavy atom. The van der Waals surface area contributed by atoms with Gasteiger partial charge in [-0.2, -0.15) is 23.5 Å². The molecule has 10 amide bonds. The quantitative estimate of drug-likeness (QED) is 0.0583. The van der Waals surface area contributed by atoms with Crippen LogP contribution in [-0.2, 0) is 89.9 Å². The summed E-state index contributed by atoms with van der Waals surface area (Å²) >= 11 is 2.76. The molecule has 0 spiro atoms. The number of benzene rings is 5. The number of phenols is 1. The van der Waals surface area contributed by atoms with E-state index in [0.29, 0.717) is 63.4 Å². The van der Waals surface area contributed by atoms with E-state index in [1.165, 1.54) is 108 Å². The van der Waals surface area contributed by atoms with Gasteiger partial charge in [0.15, 0.2) is 0 Å². The number of aromatic amines is 3. The maximum Gasteiger partial charge on any atom is 0.305 e. The van der Waals surface area contributed by atoms with Crippen molar-refractivity contribution >= 4 is 110 Å². The van der Waals surface area contributed by atoms with E-state index in [2.05, 4.69) is 62.5 Å². The van der Waals surface area contributed by atoms with Gasteiger partial charge in [0.1, 0.15) is 77.6 Å². The number of hydrogen-bond donors (Lipinski definition) is 15. The molecule has 564 valence electrons. The van der Waals surface area contributed by atoms with Crippen molar-refractivity contribution in [2.24, 2.45) is 11.5 Å². The molecule has 0 unspecified atom stereocenters. The van der Waals surface area contributed by atoms with Crippen LogP contribution in [0.25, 0.3) is 21.8 Å². The van der Waals surface area contributed by atoms with Gasteiger partial charge in [-0.3, -0.25) is 52.7 Å². The summed E-state index contributed by atoms with van der Waals surface area (Å²) in [5.74, 6) is -10.7. The van der Waals surface area contributed by atoms with Crippen molar-refractivity contribution in [1.29, 1.82) is 0 Å². The van der Waals surface area contributed by atoms with Gasteiger partial charge in [0, 0.05) is 108 Å². The molecule has 5 aromatic carbocycles. The van der Waals surface area contributed by atoms with Crippen molar-refractivity contribution in [3.05, 3.63) is 185 Å². The molecule has 3 aromatic heterocycles. The van der Waals surface area contributed by atoms with Crippen LogP contribution >= 0.6 is 23.5 Å². The summed E-state index contributed by atoms with van der Waals surface area (Å²) in [5.41, 5.74) is 15.5. The molecule has 1 saturated heterocycles. The first-order valence-corrected chi connectivity index (χ1v) is 36.9. The number of nitrogens with two attached hydrogens (primary N) is 2. The molecule has 8 aromatic rings. The van der Waals surface area contributed by atoms with Crippen LogP contribution in [-0.4, -0.2) is 186 Å². The molecule has 0 radical (unpaired) electrons.